The summed E-state index contributed by atoms with van der Waals surface area (Å²) in [5.41, 5.74) is 6.69. The van der Waals surface area contributed by atoms with E-state index in [2.05, 4.69) is 4.98 Å². The van der Waals surface area contributed by atoms with Crippen LogP contribution >= 0.6 is 0 Å². The second-order valence-corrected chi connectivity index (χ2v) is 3.70. The van der Waals surface area contributed by atoms with Gasteiger partial charge in [-0.15, -0.1) is 0 Å². The Morgan fingerprint density at radius 3 is 3.00 bits per heavy atom. The van der Waals surface area contributed by atoms with Crippen LogP contribution in [0.25, 0.3) is 0 Å². The van der Waals surface area contributed by atoms with E-state index in [0.29, 0.717) is 17.8 Å². The van der Waals surface area contributed by atoms with Gasteiger partial charge in [-0.2, -0.15) is 0 Å². The summed E-state index contributed by atoms with van der Waals surface area (Å²) in [6.45, 7) is 0.338. The van der Waals surface area contributed by atoms with Crippen molar-refractivity contribution < 1.29 is 9.53 Å². The van der Waals surface area contributed by atoms with Crippen LogP contribution in [0.2, 0.25) is 0 Å². The van der Waals surface area contributed by atoms with Crippen LogP contribution in [-0.2, 0) is 11.3 Å². The molecular weight excluding hydrogens is 192 g/mol. The maximum absolute atomic E-state index is 11.6. The molecular formula is C11H14N2O2. The zero-order valence-electron chi connectivity index (χ0n) is 8.48. The van der Waals surface area contributed by atoms with E-state index in [9.17, 15) is 4.79 Å². The van der Waals surface area contributed by atoms with Crippen molar-refractivity contribution in [3.63, 3.8) is 0 Å². The van der Waals surface area contributed by atoms with Crippen molar-refractivity contribution >= 4 is 5.97 Å². The highest BCUT2D eigenvalue weighted by atomic mass is 16.5. The molecule has 1 heterocycles. The van der Waals surface area contributed by atoms with Crippen molar-refractivity contribution in [2.75, 3.05) is 0 Å². The first-order valence-electron chi connectivity index (χ1n) is 5.15. The van der Waals surface area contributed by atoms with E-state index in [-0.39, 0.29) is 12.1 Å². The molecule has 0 bridgehead atoms. The highest BCUT2D eigenvalue weighted by molar-refractivity contribution is 5.89. The summed E-state index contributed by atoms with van der Waals surface area (Å²) in [5, 5.41) is 0. The Kier molecular flexibility index (Phi) is 2.97. The van der Waals surface area contributed by atoms with Crippen molar-refractivity contribution in [3.05, 3.63) is 29.6 Å². The van der Waals surface area contributed by atoms with Gasteiger partial charge in [-0.25, -0.2) is 4.79 Å². The number of ether oxygens (including phenoxy) is 1. The molecule has 4 heteroatoms. The Labute approximate surface area is 88.4 Å². The highest BCUT2D eigenvalue weighted by Gasteiger charge is 2.22. The van der Waals surface area contributed by atoms with E-state index in [1.54, 1.807) is 18.3 Å². The molecule has 0 aliphatic heterocycles. The summed E-state index contributed by atoms with van der Waals surface area (Å²) in [7, 11) is 0. The molecule has 0 saturated heterocycles. The summed E-state index contributed by atoms with van der Waals surface area (Å²) in [5.74, 6) is -0.267. The smallest absolute Gasteiger partial charge is 0.338 e. The van der Waals surface area contributed by atoms with Crippen LogP contribution < -0.4 is 5.73 Å². The number of pyridine rings is 1. The number of carbonyl (C=O) groups is 1. The van der Waals surface area contributed by atoms with Gasteiger partial charge in [-0.1, -0.05) is 0 Å². The van der Waals surface area contributed by atoms with Gasteiger partial charge in [0.05, 0.1) is 11.3 Å². The Bertz CT molecular complexity index is 361. The molecule has 2 N–H and O–H groups in total. The van der Waals surface area contributed by atoms with Gasteiger partial charge in [-0.3, -0.25) is 4.98 Å². The molecule has 1 saturated carbocycles. The van der Waals surface area contributed by atoms with Crippen LogP contribution in [0.4, 0.5) is 0 Å². The van der Waals surface area contributed by atoms with Crippen molar-refractivity contribution in [1.82, 2.24) is 4.98 Å². The third-order valence-corrected chi connectivity index (χ3v) is 2.59. The normalized spacial score (nSPS) is 15.8. The Morgan fingerprint density at radius 2 is 2.40 bits per heavy atom. The number of hydrogen-bond donors (Lipinski definition) is 1. The quantitative estimate of drug-likeness (QED) is 0.756. The second kappa shape index (κ2) is 4.40. The van der Waals surface area contributed by atoms with Crippen LogP contribution in [0.5, 0.6) is 0 Å². The van der Waals surface area contributed by atoms with Gasteiger partial charge in [0, 0.05) is 12.7 Å². The Balaban J connectivity index is 2.03. The lowest BCUT2D eigenvalue weighted by molar-refractivity contribution is 0.00898. The molecule has 0 amide bonds. The lowest BCUT2D eigenvalue weighted by Gasteiger charge is -2.25. The number of carbonyl (C=O) groups excluding carboxylic acids is 1. The minimum atomic E-state index is -0.267. The monoisotopic (exact) mass is 206 g/mol. The number of nitrogens with two attached hydrogens (primary N) is 1. The lowest BCUT2D eigenvalue weighted by Crippen LogP contribution is -2.25. The molecule has 80 valence electrons. The van der Waals surface area contributed by atoms with Gasteiger partial charge in [0.1, 0.15) is 6.10 Å². The fourth-order valence-electron chi connectivity index (χ4n) is 1.42. The number of nitrogens with zero attached hydrogens (tertiary/aromatic N) is 1. The molecule has 2 rings (SSSR count). The topological polar surface area (TPSA) is 65.2 Å². The number of esters is 1. The van der Waals surface area contributed by atoms with Gasteiger partial charge in [0.2, 0.25) is 0 Å². The molecule has 1 fully saturated rings. The zero-order chi connectivity index (χ0) is 10.7. The summed E-state index contributed by atoms with van der Waals surface area (Å²) >= 11 is 0. The van der Waals surface area contributed by atoms with E-state index >= 15 is 0 Å². The van der Waals surface area contributed by atoms with Gasteiger partial charge in [0.25, 0.3) is 0 Å². The average Bonchev–Trinajstić information content (AvgIpc) is 2.23. The first-order valence-corrected chi connectivity index (χ1v) is 5.15. The Morgan fingerprint density at radius 1 is 1.60 bits per heavy atom. The summed E-state index contributed by atoms with van der Waals surface area (Å²) < 4.78 is 5.26. The molecule has 0 spiro atoms. The average molecular weight is 206 g/mol. The van der Waals surface area contributed by atoms with Crippen LogP contribution in [-0.4, -0.2) is 17.1 Å². The van der Waals surface area contributed by atoms with E-state index in [4.69, 9.17) is 10.5 Å². The summed E-state index contributed by atoms with van der Waals surface area (Å²) in [6, 6.07) is 3.33. The number of rotatable bonds is 3. The summed E-state index contributed by atoms with van der Waals surface area (Å²) in [6.07, 6.45) is 4.83. The molecule has 1 aromatic rings. The minimum absolute atomic E-state index is 0.118. The number of hydrogen-bond acceptors (Lipinski definition) is 4. The maximum Gasteiger partial charge on any atom is 0.338 e. The molecule has 1 aromatic heterocycles. The predicted octanol–water partition coefficient (Wildman–Crippen LogP) is 1.25. The molecule has 1 aliphatic rings. The largest absolute Gasteiger partial charge is 0.459 e. The van der Waals surface area contributed by atoms with Crippen molar-refractivity contribution in [2.45, 2.75) is 31.9 Å². The minimum Gasteiger partial charge on any atom is -0.459 e. The van der Waals surface area contributed by atoms with E-state index in [0.717, 1.165) is 19.3 Å². The van der Waals surface area contributed by atoms with Gasteiger partial charge in [-0.05, 0) is 31.4 Å². The van der Waals surface area contributed by atoms with Gasteiger partial charge in [0.15, 0.2) is 0 Å². The van der Waals surface area contributed by atoms with E-state index in [1.165, 1.54) is 0 Å². The third-order valence-electron chi connectivity index (χ3n) is 2.59. The van der Waals surface area contributed by atoms with Crippen LogP contribution in [0.15, 0.2) is 18.3 Å². The van der Waals surface area contributed by atoms with Crippen molar-refractivity contribution in [1.29, 1.82) is 0 Å². The molecule has 1 aliphatic carbocycles. The molecule has 0 aromatic carbocycles. The maximum atomic E-state index is 11.6. The van der Waals surface area contributed by atoms with Gasteiger partial charge >= 0.3 is 5.97 Å². The van der Waals surface area contributed by atoms with Crippen molar-refractivity contribution in [2.24, 2.45) is 5.73 Å². The zero-order valence-corrected chi connectivity index (χ0v) is 8.48. The number of aromatic nitrogens is 1. The fourth-order valence-corrected chi connectivity index (χ4v) is 1.42. The van der Waals surface area contributed by atoms with Crippen LogP contribution in [0.1, 0.15) is 35.3 Å². The summed E-state index contributed by atoms with van der Waals surface area (Å²) in [4.78, 5) is 15.6. The molecule has 0 radical (unpaired) electrons. The third kappa shape index (κ3) is 2.33. The second-order valence-electron chi connectivity index (χ2n) is 3.70. The van der Waals surface area contributed by atoms with E-state index in [1.807, 2.05) is 0 Å². The van der Waals surface area contributed by atoms with E-state index < -0.39 is 0 Å². The van der Waals surface area contributed by atoms with Gasteiger partial charge < -0.3 is 10.5 Å². The van der Waals surface area contributed by atoms with Crippen LogP contribution in [0.3, 0.4) is 0 Å². The highest BCUT2D eigenvalue weighted by Crippen LogP contribution is 2.23. The molecule has 0 unspecified atom stereocenters. The molecule has 0 atom stereocenters. The molecule has 15 heavy (non-hydrogen) atoms. The SMILES string of the molecule is NCc1cc(C(=O)OC2CCC2)ccn1. The molecule has 4 nitrogen and oxygen atoms in total. The first-order chi connectivity index (χ1) is 7.29. The predicted molar refractivity (Wildman–Crippen MR) is 55.2 cm³/mol. The van der Waals surface area contributed by atoms with Crippen LogP contribution in [0, 0.1) is 0 Å². The fraction of sp³-hybridized carbons (Fsp3) is 0.455. The standard InChI is InChI=1S/C11H14N2O2/c12-7-9-6-8(4-5-13-9)11(14)15-10-2-1-3-10/h4-6,10H,1-3,7,12H2. The first kappa shape index (κ1) is 10.1. The van der Waals surface area contributed by atoms with Crippen molar-refractivity contribution in [3.8, 4) is 0 Å². The Hall–Kier alpha value is -1.42. The lowest BCUT2D eigenvalue weighted by atomic mass is 9.96.